The average molecular weight is 279 g/mol. The summed E-state index contributed by atoms with van der Waals surface area (Å²) in [4.78, 5) is 0. The second-order valence-electron chi connectivity index (χ2n) is 5.82. The van der Waals surface area contributed by atoms with Gasteiger partial charge in [0.1, 0.15) is 9.84 Å². The van der Waals surface area contributed by atoms with Gasteiger partial charge in [0.2, 0.25) is 0 Å². The van der Waals surface area contributed by atoms with E-state index >= 15 is 0 Å². The van der Waals surface area contributed by atoms with E-state index in [1.165, 1.54) is 24.0 Å². The highest BCUT2D eigenvalue weighted by Crippen LogP contribution is 2.39. The first-order valence-electron chi connectivity index (χ1n) is 7.15. The molecule has 104 valence electrons. The minimum Gasteiger partial charge on any atom is -0.310 e. The van der Waals surface area contributed by atoms with E-state index in [4.69, 9.17) is 0 Å². The van der Waals surface area contributed by atoms with E-state index in [0.29, 0.717) is 17.5 Å². The third kappa shape index (κ3) is 3.57. The van der Waals surface area contributed by atoms with Gasteiger partial charge in [0.15, 0.2) is 0 Å². The summed E-state index contributed by atoms with van der Waals surface area (Å²) in [5, 5.41) is 3.48. The largest absolute Gasteiger partial charge is 0.310 e. The lowest BCUT2D eigenvalue weighted by molar-refractivity contribution is 0.463. The Hall–Kier alpha value is -0.870. The fourth-order valence-corrected chi connectivity index (χ4v) is 4.17. The summed E-state index contributed by atoms with van der Waals surface area (Å²) in [5.74, 6) is 1.49. The maximum atomic E-state index is 11.3. The van der Waals surface area contributed by atoms with Gasteiger partial charge in [-0.1, -0.05) is 24.3 Å². The number of sulfone groups is 1. The minimum absolute atomic E-state index is 0.339. The van der Waals surface area contributed by atoms with Crippen LogP contribution in [0, 0.1) is 0 Å². The van der Waals surface area contributed by atoms with E-state index in [1.807, 2.05) is 0 Å². The zero-order chi connectivity index (χ0) is 13.3. The molecule has 1 saturated carbocycles. The predicted molar refractivity (Wildman–Crippen MR) is 76.9 cm³/mol. The molecule has 1 heterocycles. The number of nitrogens with one attached hydrogen (secondary N) is 1. The van der Waals surface area contributed by atoms with Crippen LogP contribution in [0.5, 0.6) is 0 Å². The Bertz CT molecular complexity index is 518. The Balaban J connectivity index is 1.49. The van der Waals surface area contributed by atoms with Crippen molar-refractivity contribution in [2.24, 2.45) is 0 Å². The zero-order valence-corrected chi connectivity index (χ0v) is 12.0. The highest BCUT2D eigenvalue weighted by Gasteiger charge is 2.24. The molecule has 0 amide bonds. The number of hydrogen-bond donors (Lipinski definition) is 1. The predicted octanol–water partition coefficient (Wildman–Crippen LogP) is 2.23. The topological polar surface area (TPSA) is 46.2 Å². The third-order valence-electron chi connectivity index (χ3n) is 4.18. The summed E-state index contributed by atoms with van der Waals surface area (Å²) in [6, 6.07) is 9.21. The highest BCUT2D eigenvalue weighted by atomic mass is 32.2. The van der Waals surface area contributed by atoms with Crippen molar-refractivity contribution in [2.45, 2.75) is 44.2 Å². The summed E-state index contributed by atoms with van der Waals surface area (Å²) in [5.41, 5.74) is 2.75. The summed E-state index contributed by atoms with van der Waals surface area (Å²) in [7, 11) is -2.75. The van der Waals surface area contributed by atoms with Gasteiger partial charge in [0, 0.05) is 12.6 Å². The summed E-state index contributed by atoms with van der Waals surface area (Å²) in [6.07, 6.45) is 4.19. The van der Waals surface area contributed by atoms with Crippen LogP contribution in [0.1, 0.15) is 42.7 Å². The molecule has 3 nitrogen and oxygen atoms in total. The van der Waals surface area contributed by atoms with Crippen LogP contribution in [0.15, 0.2) is 24.3 Å². The van der Waals surface area contributed by atoms with E-state index in [1.54, 1.807) is 0 Å². The van der Waals surface area contributed by atoms with Gasteiger partial charge in [0.05, 0.1) is 11.5 Å². The highest BCUT2D eigenvalue weighted by molar-refractivity contribution is 7.91. The maximum absolute atomic E-state index is 11.3. The Labute approximate surface area is 115 Å². The van der Waals surface area contributed by atoms with Crippen LogP contribution in [0.2, 0.25) is 0 Å². The van der Waals surface area contributed by atoms with Gasteiger partial charge in [0.25, 0.3) is 0 Å². The van der Waals surface area contributed by atoms with Gasteiger partial charge in [-0.2, -0.15) is 0 Å². The number of hydrogen-bond acceptors (Lipinski definition) is 3. The van der Waals surface area contributed by atoms with Crippen molar-refractivity contribution < 1.29 is 8.42 Å². The first-order chi connectivity index (χ1) is 9.12. The lowest BCUT2D eigenvalue weighted by Gasteiger charge is -2.23. The van der Waals surface area contributed by atoms with Crippen LogP contribution in [-0.4, -0.2) is 26.0 Å². The van der Waals surface area contributed by atoms with Crippen LogP contribution in [0.4, 0.5) is 0 Å². The van der Waals surface area contributed by atoms with E-state index in [9.17, 15) is 8.42 Å². The van der Waals surface area contributed by atoms with Crippen LogP contribution in [0.25, 0.3) is 0 Å². The van der Waals surface area contributed by atoms with E-state index in [2.05, 4.69) is 29.6 Å². The molecule has 1 aliphatic carbocycles. The third-order valence-corrected chi connectivity index (χ3v) is 5.89. The molecule has 1 aromatic rings. The van der Waals surface area contributed by atoms with Crippen LogP contribution in [-0.2, 0) is 16.4 Å². The summed E-state index contributed by atoms with van der Waals surface area (Å²) >= 11 is 0. The molecule has 1 saturated heterocycles. The van der Waals surface area contributed by atoms with Crippen molar-refractivity contribution >= 4 is 9.84 Å². The van der Waals surface area contributed by atoms with Crippen molar-refractivity contribution in [1.29, 1.82) is 0 Å². The molecule has 0 aromatic heterocycles. The Morgan fingerprint density at radius 2 is 1.63 bits per heavy atom. The molecular weight excluding hydrogens is 258 g/mol. The fourth-order valence-electron chi connectivity index (χ4n) is 2.68. The van der Waals surface area contributed by atoms with Gasteiger partial charge in [-0.05, 0) is 42.7 Å². The standard InChI is InChI=1S/C15H21NO2S/c17-19(18)9-7-15(8-10-19)16-11-12-1-3-13(4-2-12)14-5-6-14/h1-4,14-16H,5-11H2. The van der Waals surface area contributed by atoms with Crippen molar-refractivity contribution in [3.63, 3.8) is 0 Å². The monoisotopic (exact) mass is 279 g/mol. The maximum Gasteiger partial charge on any atom is 0.150 e. The van der Waals surface area contributed by atoms with Crippen molar-refractivity contribution in [1.82, 2.24) is 5.32 Å². The minimum atomic E-state index is -2.75. The van der Waals surface area contributed by atoms with Crippen molar-refractivity contribution in [2.75, 3.05) is 11.5 Å². The second-order valence-corrected chi connectivity index (χ2v) is 8.13. The second kappa shape index (κ2) is 5.25. The number of benzene rings is 1. The smallest absolute Gasteiger partial charge is 0.150 e. The molecule has 2 fully saturated rings. The van der Waals surface area contributed by atoms with Gasteiger partial charge < -0.3 is 5.32 Å². The Kier molecular flexibility index (Phi) is 3.63. The Morgan fingerprint density at radius 3 is 2.21 bits per heavy atom. The van der Waals surface area contributed by atoms with Crippen LogP contribution >= 0.6 is 0 Å². The first kappa shape index (κ1) is 13.1. The van der Waals surface area contributed by atoms with E-state index in [-0.39, 0.29) is 0 Å². The molecule has 0 radical (unpaired) electrons. The van der Waals surface area contributed by atoms with E-state index in [0.717, 1.165) is 25.3 Å². The zero-order valence-electron chi connectivity index (χ0n) is 11.1. The molecule has 4 heteroatoms. The molecule has 0 atom stereocenters. The molecule has 0 unspecified atom stereocenters. The molecule has 1 aromatic carbocycles. The SMILES string of the molecule is O=S1(=O)CCC(NCc2ccc(C3CC3)cc2)CC1. The van der Waals surface area contributed by atoms with Crippen molar-refractivity contribution in [3.8, 4) is 0 Å². The lowest BCUT2D eigenvalue weighted by Crippen LogP contribution is -2.37. The van der Waals surface area contributed by atoms with Crippen molar-refractivity contribution in [3.05, 3.63) is 35.4 Å². The fraction of sp³-hybridized carbons (Fsp3) is 0.600. The van der Waals surface area contributed by atoms with Crippen LogP contribution < -0.4 is 5.32 Å². The average Bonchev–Trinajstić information content (AvgIpc) is 3.23. The molecule has 0 bridgehead atoms. The van der Waals surface area contributed by atoms with E-state index < -0.39 is 9.84 Å². The first-order valence-corrected chi connectivity index (χ1v) is 8.97. The Morgan fingerprint density at radius 1 is 1.00 bits per heavy atom. The molecular formula is C15H21NO2S. The van der Waals surface area contributed by atoms with Crippen LogP contribution in [0.3, 0.4) is 0 Å². The quantitative estimate of drug-likeness (QED) is 0.919. The van der Waals surface area contributed by atoms with Gasteiger partial charge in [-0.3, -0.25) is 0 Å². The van der Waals surface area contributed by atoms with Gasteiger partial charge in [-0.25, -0.2) is 8.42 Å². The molecule has 19 heavy (non-hydrogen) atoms. The molecule has 1 N–H and O–H groups in total. The van der Waals surface area contributed by atoms with Gasteiger partial charge in [-0.15, -0.1) is 0 Å². The van der Waals surface area contributed by atoms with Gasteiger partial charge >= 0.3 is 0 Å². The summed E-state index contributed by atoms with van der Waals surface area (Å²) < 4.78 is 22.7. The summed E-state index contributed by atoms with van der Waals surface area (Å²) in [6.45, 7) is 0.843. The lowest BCUT2D eigenvalue weighted by atomic mass is 10.1. The molecule has 1 aliphatic heterocycles. The normalized spacial score (nSPS) is 23.4. The molecule has 3 rings (SSSR count). The number of rotatable bonds is 4. The molecule has 0 spiro atoms. The molecule has 2 aliphatic rings.